The molecule has 166 valence electrons. The number of nitrogens with zero attached hydrogens (tertiary/aromatic N) is 5. The Bertz CT molecular complexity index is 1010. The fourth-order valence-corrected chi connectivity index (χ4v) is 3.88. The lowest BCUT2D eigenvalue weighted by atomic mass is 10.0. The van der Waals surface area contributed by atoms with E-state index in [-0.39, 0.29) is 24.0 Å². The van der Waals surface area contributed by atoms with Crippen LogP contribution < -0.4 is 20.3 Å². The second kappa shape index (κ2) is 11.2. The Morgan fingerprint density at radius 1 is 1.23 bits per heavy atom. The van der Waals surface area contributed by atoms with Crippen molar-refractivity contribution in [2.75, 3.05) is 38.7 Å². The monoisotopic (exact) mass is 535 g/mol. The Hall–Kier alpha value is -2.56. The first-order valence-corrected chi connectivity index (χ1v) is 10.4. The summed E-state index contributed by atoms with van der Waals surface area (Å²) in [6.07, 6.45) is 5.02. The van der Waals surface area contributed by atoms with Gasteiger partial charge in [0.05, 0.1) is 7.11 Å². The van der Waals surface area contributed by atoms with Gasteiger partial charge in [-0.25, -0.2) is 0 Å². The molecule has 1 aromatic carbocycles. The number of halogens is 1. The molecule has 1 aliphatic heterocycles. The lowest BCUT2D eigenvalue weighted by Gasteiger charge is -2.35. The maximum Gasteiger partial charge on any atom is 0.191 e. The smallest absolute Gasteiger partial charge is 0.191 e. The molecule has 0 radical (unpaired) electrons. The highest BCUT2D eigenvalue weighted by Crippen LogP contribution is 2.24. The molecule has 1 saturated heterocycles. The van der Waals surface area contributed by atoms with Crippen LogP contribution >= 0.6 is 24.0 Å². The summed E-state index contributed by atoms with van der Waals surface area (Å²) in [7, 11) is 3.52. The quantitative estimate of drug-likeness (QED) is 0.287. The van der Waals surface area contributed by atoms with Gasteiger partial charge in [0.25, 0.3) is 0 Å². The summed E-state index contributed by atoms with van der Waals surface area (Å²) in [5, 5.41) is 15.5. The van der Waals surface area contributed by atoms with Crippen LogP contribution in [0.2, 0.25) is 0 Å². The minimum Gasteiger partial charge on any atom is -0.497 e. The molecule has 31 heavy (non-hydrogen) atoms. The van der Waals surface area contributed by atoms with Crippen LogP contribution in [0.25, 0.3) is 5.65 Å². The van der Waals surface area contributed by atoms with Gasteiger partial charge < -0.3 is 20.3 Å². The van der Waals surface area contributed by atoms with Crippen LogP contribution in [-0.4, -0.2) is 60.4 Å². The van der Waals surface area contributed by atoms with Gasteiger partial charge >= 0.3 is 0 Å². The van der Waals surface area contributed by atoms with Crippen molar-refractivity contribution in [2.24, 2.45) is 4.99 Å². The SMILES string of the molecule is CN=C(NCCc1nnc2ccccn12)NC1CCCN(c2cccc(OC)c2)C1.I. The number of aliphatic imine (C=N–C) groups is 1. The molecule has 3 heterocycles. The van der Waals surface area contributed by atoms with Crippen molar-refractivity contribution in [1.82, 2.24) is 25.2 Å². The van der Waals surface area contributed by atoms with E-state index in [2.05, 4.69) is 42.9 Å². The van der Waals surface area contributed by atoms with Gasteiger partial charge in [-0.1, -0.05) is 12.1 Å². The molecule has 0 aliphatic carbocycles. The van der Waals surface area contributed by atoms with E-state index >= 15 is 0 Å². The average molecular weight is 535 g/mol. The number of hydrogen-bond donors (Lipinski definition) is 2. The average Bonchev–Trinajstić information content (AvgIpc) is 3.22. The normalized spacial score (nSPS) is 16.6. The van der Waals surface area contributed by atoms with E-state index in [4.69, 9.17) is 4.74 Å². The molecular formula is C22H30IN7O. The van der Waals surface area contributed by atoms with Crippen LogP contribution in [-0.2, 0) is 6.42 Å². The summed E-state index contributed by atoms with van der Waals surface area (Å²) in [5.41, 5.74) is 2.07. The topological polar surface area (TPSA) is 79.1 Å². The Morgan fingerprint density at radius 3 is 2.97 bits per heavy atom. The Labute approximate surface area is 200 Å². The molecule has 3 aromatic rings. The van der Waals surface area contributed by atoms with Crippen LogP contribution in [0.3, 0.4) is 0 Å². The summed E-state index contributed by atoms with van der Waals surface area (Å²) in [6.45, 7) is 2.72. The maximum absolute atomic E-state index is 5.37. The second-order valence-corrected chi connectivity index (χ2v) is 7.43. The number of nitrogens with one attached hydrogen (secondary N) is 2. The van der Waals surface area contributed by atoms with E-state index in [9.17, 15) is 0 Å². The lowest BCUT2D eigenvalue weighted by Crippen LogP contribution is -2.51. The van der Waals surface area contributed by atoms with E-state index in [0.717, 1.165) is 62.1 Å². The van der Waals surface area contributed by atoms with Crippen molar-refractivity contribution in [2.45, 2.75) is 25.3 Å². The summed E-state index contributed by atoms with van der Waals surface area (Å²) < 4.78 is 7.39. The van der Waals surface area contributed by atoms with Gasteiger partial charge in [0.2, 0.25) is 0 Å². The van der Waals surface area contributed by atoms with Crippen molar-refractivity contribution in [1.29, 1.82) is 0 Å². The van der Waals surface area contributed by atoms with Gasteiger partial charge in [0.15, 0.2) is 11.6 Å². The molecule has 0 saturated carbocycles. The second-order valence-electron chi connectivity index (χ2n) is 7.43. The number of piperidine rings is 1. The van der Waals surface area contributed by atoms with E-state index in [0.29, 0.717) is 6.04 Å². The highest BCUT2D eigenvalue weighted by Gasteiger charge is 2.21. The van der Waals surface area contributed by atoms with Crippen molar-refractivity contribution in [3.63, 3.8) is 0 Å². The first-order valence-electron chi connectivity index (χ1n) is 10.4. The van der Waals surface area contributed by atoms with Crippen LogP contribution in [0.1, 0.15) is 18.7 Å². The lowest BCUT2D eigenvalue weighted by molar-refractivity contribution is 0.414. The first kappa shape index (κ1) is 23.1. The summed E-state index contributed by atoms with van der Waals surface area (Å²) in [4.78, 5) is 6.80. The van der Waals surface area contributed by atoms with Gasteiger partial charge in [-0.3, -0.25) is 9.39 Å². The number of pyridine rings is 1. The number of guanidine groups is 1. The molecule has 1 fully saturated rings. The van der Waals surface area contributed by atoms with Crippen LogP contribution in [0.5, 0.6) is 5.75 Å². The summed E-state index contributed by atoms with van der Waals surface area (Å²) >= 11 is 0. The standard InChI is InChI=1S/C22H29N7O.HI/c1-23-22(24-12-11-21-27-26-20-10-3-4-14-29(20)21)25-17-7-6-13-28(16-17)18-8-5-9-19(15-18)30-2;/h3-5,8-10,14-15,17H,6-7,11-13,16H2,1-2H3,(H2,23,24,25);1H. The Morgan fingerprint density at radius 2 is 2.13 bits per heavy atom. The van der Waals surface area contributed by atoms with E-state index in [1.54, 1.807) is 7.11 Å². The first-order chi connectivity index (χ1) is 14.8. The van der Waals surface area contributed by atoms with Crippen molar-refractivity contribution < 1.29 is 4.74 Å². The number of ether oxygens (including phenoxy) is 1. The van der Waals surface area contributed by atoms with Gasteiger partial charge in [-0.15, -0.1) is 34.2 Å². The number of methoxy groups -OCH3 is 1. The fourth-order valence-electron chi connectivity index (χ4n) is 3.88. The van der Waals surface area contributed by atoms with E-state index in [1.807, 2.05) is 48.0 Å². The van der Waals surface area contributed by atoms with Crippen molar-refractivity contribution in [3.05, 3.63) is 54.5 Å². The molecule has 1 atom stereocenters. The third kappa shape index (κ3) is 5.78. The predicted octanol–water partition coefficient (Wildman–Crippen LogP) is 2.73. The molecule has 8 nitrogen and oxygen atoms in total. The number of anilines is 1. The summed E-state index contributed by atoms with van der Waals surface area (Å²) in [6, 6.07) is 14.5. The molecule has 2 N–H and O–H groups in total. The zero-order chi connectivity index (χ0) is 20.8. The van der Waals surface area contributed by atoms with Gasteiger partial charge in [-0.05, 0) is 37.1 Å². The van der Waals surface area contributed by atoms with Gasteiger partial charge in [-0.2, -0.15) is 0 Å². The number of fused-ring (bicyclic) bond motifs is 1. The predicted molar refractivity (Wildman–Crippen MR) is 135 cm³/mol. The largest absolute Gasteiger partial charge is 0.497 e. The van der Waals surface area contributed by atoms with Gasteiger partial charge in [0, 0.05) is 57.1 Å². The third-order valence-corrected chi connectivity index (χ3v) is 5.43. The Kier molecular flexibility index (Phi) is 8.33. The zero-order valence-corrected chi connectivity index (χ0v) is 20.3. The number of benzene rings is 1. The molecule has 0 amide bonds. The van der Waals surface area contributed by atoms with Crippen LogP contribution in [0.4, 0.5) is 5.69 Å². The number of hydrogen-bond acceptors (Lipinski definition) is 5. The van der Waals surface area contributed by atoms with Crippen LogP contribution in [0.15, 0.2) is 53.7 Å². The molecule has 0 bridgehead atoms. The highest BCUT2D eigenvalue weighted by atomic mass is 127. The van der Waals surface area contributed by atoms with Crippen molar-refractivity contribution in [3.8, 4) is 5.75 Å². The fraction of sp³-hybridized carbons (Fsp3) is 0.409. The molecule has 1 unspecified atom stereocenters. The van der Waals surface area contributed by atoms with Crippen molar-refractivity contribution >= 4 is 41.3 Å². The molecule has 4 rings (SSSR count). The summed E-state index contributed by atoms with van der Waals surface area (Å²) in [5.74, 6) is 2.65. The highest BCUT2D eigenvalue weighted by molar-refractivity contribution is 14.0. The maximum atomic E-state index is 5.37. The number of aromatic nitrogens is 3. The molecule has 1 aliphatic rings. The molecule has 0 spiro atoms. The minimum atomic E-state index is 0. The third-order valence-electron chi connectivity index (χ3n) is 5.43. The van der Waals surface area contributed by atoms with E-state index < -0.39 is 0 Å². The van der Waals surface area contributed by atoms with E-state index in [1.165, 1.54) is 5.69 Å². The molecular weight excluding hydrogens is 505 g/mol. The number of rotatable bonds is 6. The minimum absolute atomic E-state index is 0. The van der Waals surface area contributed by atoms with Crippen LogP contribution in [0, 0.1) is 0 Å². The zero-order valence-electron chi connectivity index (χ0n) is 18.0. The molecule has 2 aromatic heterocycles. The Balaban J connectivity index is 0.00000272. The molecule has 9 heteroatoms. The van der Waals surface area contributed by atoms with Gasteiger partial charge in [0.1, 0.15) is 11.6 Å².